The van der Waals surface area contributed by atoms with E-state index in [0.717, 1.165) is 31.5 Å². The molecule has 2 heteroatoms. The minimum atomic E-state index is 0.390. The average Bonchev–Trinajstić information content (AvgIpc) is 2.00. The van der Waals surface area contributed by atoms with E-state index in [1.807, 2.05) is 7.05 Å². The molecule has 0 saturated carbocycles. The van der Waals surface area contributed by atoms with Gasteiger partial charge < -0.3 is 10.6 Å². The highest BCUT2D eigenvalue weighted by Gasteiger charge is 2.14. The second-order valence-electron chi connectivity index (χ2n) is 5.75. The molecule has 1 atom stereocenters. The summed E-state index contributed by atoms with van der Waals surface area (Å²) in [7, 11) is 2.03. The molecule has 0 bridgehead atoms. The van der Waals surface area contributed by atoms with Crippen LogP contribution in [0.2, 0.25) is 0 Å². The lowest BCUT2D eigenvalue weighted by molar-refractivity contribution is 0.315. The second-order valence-corrected chi connectivity index (χ2v) is 5.75. The van der Waals surface area contributed by atoms with E-state index >= 15 is 0 Å². The van der Waals surface area contributed by atoms with Crippen molar-refractivity contribution in [3.8, 4) is 0 Å². The molecule has 0 fully saturated rings. The highest BCUT2D eigenvalue weighted by molar-refractivity contribution is 4.71. The summed E-state index contributed by atoms with van der Waals surface area (Å²) in [6.07, 6.45) is 0. The Hall–Kier alpha value is -0.0800. The third-order valence-corrected chi connectivity index (χ3v) is 2.47. The monoisotopic (exact) mass is 200 g/mol. The van der Waals surface area contributed by atoms with E-state index in [-0.39, 0.29) is 0 Å². The first kappa shape index (κ1) is 13.9. The van der Waals surface area contributed by atoms with Crippen molar-refractivity contribution in [2.24, 2.45) is 17.3 Å². The van der Waals surface area contributed by atoms with Gasteiger partial charge in [0, 0.05) is 6.54 Å². The van der Waals surface area contributed by atoms with Gasteiger partial charge in [0.25, 0.3) is 0 Å². The Morgan fingerprint density at radius 3 is 2.00 bits per heavy atom. The van der Waals surface area contributed by atoms with Gasteiger partial charge in [0.05, 0.1) is 0 Å². The van der Waals surface area contributed by atoms with Crippen molar-refractivity contribution >= 4 is 0 Å². The number of hydrogen-bond donors (Lipinski definition) is 2. The molecule has 0 amide bonds. The van der Waals surface area contributed by atoms with Gasteiger partial charge in [-0.25, -0.2) is 0 Å². The summed E-state index contributed by atoms with van der Waals surface area (Å²) >= 11 is 0. The first-order valence-corrected chi connectivity index (χ1v) is 5.72. The van der Waals surface area contributed by atoms with E-state index in [1.54, 1.807) is 0 Å². The third-order valence-electron chi connectivity index (χ3n) is 2.47. The van der Waals surface area contributed by atoms with Crippen LogP contribution in [0.5, 0.6) is 0 Å². The molecule has 0 aliphatic rings. The molecule has 0 aliphatic heterocycles. The molecule has 0 rings (SSSR count). The van der Waals surface area contributed by atoms with Crippen LogP contribution in [0.1, 0.15) is 34.6 Å². The van der Waals surface area contributed by atoms with Crippen molar-refractivity contribution in [3.63, 3.8) is 0 Å². The zero-order valence-corrected chi connectivity index (χ0v) is 10.8. The molecule has 2 N–H and O–H groups in total. The van der Waals surface area contributed by atoms with E-state index in [0.29, 0.717) is 5.41 Å². The molecular weight excluding hydrogens is 172 g/mol. The summed E-state index contributed by atoms with van der Waals surface area (Å²) in [5.41, 5.74) is 0.390. The van der Waals surface area contributed by atoms with E-state index in [9.17, 15) is 0 Å². The smallest absolute Gasteiger partial charge is 0.000000187 e. The molecule has 0 aromatic rings. The van der Waals surface area contributed by atoms with Crippen LogP contribution in [0.4, 0.5) is 0 Å². The van der Waals surface area contributed by atoms with Crippen LogP contribution in [0, 0.1) is 17.3 Å². The summed E-state index contributed by atoms with van der Waals surface area (Å²) in [6, 6.07) is 0. The van der Waals surface area contributed by atoms with E-state index < -0.39 is 0 Å². The summed E-state index contributed by atoms with van der Waals surface area (Å²) in [5, 5.41) is 6.81. The van der Waals surface area contributed by atoms with Crippen LogP contribution in [0.3, 0.4) is 0 Å². The Morgan fingerprint density at radius 1 is 1.07 bits per heavy atom. The minimum absolute atomic E-state index is 0.390. The molecule has 1 unspecified atom stereocenters. The highest BCUT2D eigenvalue weighted by atomic mass is 14.9. The first-order chi connectivity index (χ1) is 6.37. The molecule has 0 aromatic heterocycles. The van der Waals surface area contributed by atoms with Crippen LogP contribution < -0.4 is 10.6 Å². The first-order valence-electron chi connectivity index (χ1n) is 5.72. The lowest BCUT2D eigenvalue weighted by atomic mass is 9.93. The van der Waals surface area contributed by atoms with Gasteiger partial charge in [-0.2, -0.15) is 0 Å². The fourth-order valence-electron chi connectivity index (χ4n) is 1.44. The van der Waals surface area contributed by atoms with Crippen LogP contribution in [-0.2, 0) is 0 Å². The Kier molecular flexibility index (Phi) is 6.38. The predicted molar refractivity (Wildman–Crippen MR) is 64.6 cm³/mol. The molecule has 0 heterocycles. The van der Waals surface area contributed by atoms with Crippen molar-refractivity contribution in [1.29, 1.82) is 0 Å². The Labute approximate surface area is 89.9 Å². The van der Waals surface area contributed by atoms with Gasteiger partial charge in [-0.15, -0.1) is 0 Å². The van der Waals surface area contributed by atoms with Crippen molar-refractivity contribution in [2.75, 3.05) is 26.7 Å². The van der Waals surface area contributed by atoms with Gasteiger partial charge in [-0.3, -0.25) is 0 Å². The quantitative estimate of drug-likeness (QED) is 0.686. The SMILES string of the molecule is CNCC(CNCC(C)(C)C)C(C)C. The Balaban J connectivity index is 3.72. The minimum Gasteiger partial charge on any atom is -0.319 e. The summed E-state index contributed by atoms with van der Waals surface area (Å²) in [5.74, 6) is 1.48. The van der Waals surface area contributed by atoms with Crippen LogP contribution in [0.25, 0.3) is 0 Å². The second kappa shape index (κ2) is 6.41. The van der Waals surface area contributed by atoms with E-state index in [1.165, 1.54) is 0 Å². The van der Waals surface area contributed by atoms with Gasteiger partial charge in [0.1, 0.15) is 0 Å². The molecular formula is C12H28N2. The summed E-state index contributed by atoms with van der Waals surface area (Å²) in [4.78, 5) is 0. The van der Waals surface area contributed by atoms with Gasteiger partial charge >= 0.3 is 0 Å². The summed E-state index contributed by atoms with van der Waals surface area (Å²) in [6.45, 7) is 14.7. The predicted octanol–water partition coefficient (Wildman–Crippen LogP) is 2.11. The summed E-state index contributed by atoms with van der Waals surface area (Å²) < 4.78 is 0. The fourth-order valence-corrected chi connectivity index (χ4v) is 1.44. The number of nitrogens with one attached hydrogen (secondary N) is 2. The fraction of sp³-hybridized carbons (Fsp3) is 1.00. The van der Waals surface area contributed by atoms with Crippen LogP contribution >= 0.6 is 0 Å². The zero-order valence-electron chi connectivity index (χ0n) is 10.8. The highest BCUT2D eigenvalue weighted by Crippen LogP contribution is 2.12. The molecule has 0 radical (unpaired) electrons. The van der Waals surface area contributed by atoms with Gasteiger partial charge in [-0.05, 0) is 37.4 Å². The van der Waals surface area contributed by atoms with Crippen LogP contribution in [-0.4, -0.2) is 26.7 Å². The maximum atomic E-state index is 3.55. The van der Waals surface area contributed by atoms with Crippen molar-refractivity contribution in [1.82, 2.24) is 10.6 Å². The number of hydrogen-bond acceptors (Lipinski definition) is 2. The molecule has 86 valence electrons. The van der Waals surface area contributed by atoms with Crippen molar-refractivity contribution < 1.29 is 0 Å². The van der Waals surface area contributed by atoms with Crippen LogP contribution in [0.15, 0.2) is 0 Å². The maximum Gasteiger partial charge on any atom is 0.000000187 e. The third kappa shape index (κ3) is 7.34. The molecule has 0 saturated heterocycles. The Morgan fingerprint density at radius 2 is 1.64 bits per heavy atom. The standard InChI is InChI=1S/C12H28N2/c1-10(2)11(7-13-6)8-14-9-12(3,4)5/h10-11,13-14H,7-9H2,1-6H3. The van der Waals surface area contributed by atoms with Crippen molar-refractivity contribution in [3.05, 3.63) is 0 Å². The Bertz CT molecular complexity index is 136. The van der Waals surface area contributed by atoms with Gasteiger partial charge in [-0.1, -0.05) is 34.6 Å². The molecule has 0 aromatic carbocycles. The van der Waals surface area contributed by atoms with E-state index in [2.05, 4.69) is 45.3 Å². The number of rotatable bonds is 6. The van der Waals surface area contributed by atoms with Gasteiger partial charge in [0.2, 0.25) is 0 Å². The molecule has 2 nitrogen and oxygen atoms in total. The largest absolute Gasteiger partial charge is 0.319 e. The lowest BCUT2D eigenvalue weighted by Crippen LogP contribution is -2.36. The van der Waals surface area contributed by atoms with Gasteiger partial charge in [0.15, 0.2) is 0 Å². The topological polar surface area (TPSA) is 24.1 Å². The molecule has 0 spiro atoms. The molecule has 0 aliphatic carbocycles. The normalized spacial score (nSPS) is 14.8. The van der Waals surface area contributed by atoms with E-state index in [4.69, 9.17) is 0 Å². The van der Waals surface area contributed by atoms with Crippen molar-refractivity contribution in [2.45, 2.75) is 34.6 Å². The maximum absolute atomic E-state index is 3.55. The average molecular weight is 200 g/mol. The lowest BCUT2D eigenvalue weighted by Gasteiger charge is -2.24. The zero-order chi connectivity index (χ0) is 11.2. The molecule has 14 heavy (non-hydrogen) atoms.